The lowest BCUT2D eigenvalue weighted by atomic mass is 9.88. The predicted molar refractivity (Wildman–Crippen MR) is 124 cm³/mol. The van der Waals surface area contributed by atoms with Crippen LogP contribution in [0.25, 0.3) is 22.3 Å². The van der Waals surface area contributed by atoms with Gasteiger partial charge >= 0.3 is 0 Å². The number of allylic oxidation sites excluding steroid dienone is 2. The van der Waals surface area contributed by atoms with Crippen molar-refractivity contribution in [3.63, 3.8) is 0 Å². The number of nitrogens with two attached hydrogens (primary N) is 2. The molecule has 174 valence electrons. The van der Waals surface area contributed by atoms with Gasteiger partial charge in [-0.2, -0.15) is 0 Å². The van der Waals surface area contributed by atoms with Gasteiger partial charge in [-0.05, 0) is 12.8 Å². The van der Waals surface area contributed by atoms with Crippen molar-refractivity contribution in [1.29, 1.82) is 0 Å². The van der Waals surface area contributed by atoms with Gasteiger partial charge in [-0.15, -0.1) is 0 Å². The molecule has 0 aliphatic heterocycles. The van der Waals surface area contributed by atoms with Crippen molar-refractivity contribution in [3.8, 4) is 0 Å². The molecule has 6 rings (SSSR count). The molecule has 0 unspecified atom stereocenters. The molecule has 0 radical (unpaired) electrons. The number of hydrogen-bond donors (Lipinski definition) is 4. The third kappa shape index (κ3) is 3.22. The van der Waals surface area contributed by atoms with Crippen LogP contribution in [-0.4, -0.2) is 61.5 Å². The van der Waals surface area contributed by atoms with E-state index in [1.165, 1.54) is 12.7 Å². The van der Waals surface area contributed by atoms with Crippen LogP contribution in [0.5, 0.6) is 0 Å². The van der Waals surface area contributed by atoms with Crippen molar-refractivity contribution in [2.24, 2.45) is 11.8 Å². The van der Waals surface area contributed by atoms with E-state index in [1.807, 2.05) is 33.4 Å². The maximum Gasteiger partial charge on any atom is 0.165 e. The number of nitrogens with zero attached hydrogens (tertiary/aromatic N) is 8. The van der Waals surface area contributed by atoms with E-state index in [4.69, 9.17) is 11.5 Å². The zero-order chi connectivity index (χ0) is 23.4. The van der Waals surface area contributed by atoms with Gasteiger partial charge in [-0.1, -0.05) is 24.3 Å². The second-order valence-electron chi connectivity index (χ2n) is 8.85. The van der Waals surface area contributed by atoms with Gasteiger partial charge < -0.3 is 30.8 Å². The fraction of sp³-hybridized carbons (Fsp3) is 0.364. The molecule has 2 aliphatic rings. The molecule has 0 spiro atoms. The van der Waals surface area contributed by atoms with Crippen LogP contribution in [0.15, 0.2) is 49.6 Å². The topological polar surface area (TPSA) is 180 Å². The second kappa shape index (κ2) is 7.85. The molecule has 6 N–H and O–H groups in total. The quantitative estimate of drug-likeness (QED) is 0.311. The van der Waals surface area contributed by atoms with Gasteiger partial charge in [0.25, 0.3) is 0 Å². The zero-order valence-electron chi connectivity index (χ0n) is 18.1. The van der Waals surface area contributed by atoms with Gasteiger partial charge in [0.15, 0.2) is 22.9 Å². The molecule has 4 aromatic rings. The first-order valence-electron chi connectivity index (χ1n) is 11.1. The Bertz CT molecular complexity index is 1320. The van der Waals surface area contributed by atoms with Crippen LogP contribution >= 0.6 is 0 Å². The van der Waals surface area contributed by atoms with Gasteiger partial charge in [-0.3, -0.25) is 0 Å². The standard InChI is InChI=1S/C22H24N10O2/c23-19-15-21(27-7-25-19)31(9-29-15)13-3-1-11(5-13)17(33)18(34)12-2-4-14(6-12)32-10-30-16-20(24)26-8-28-22(16)32/h1-4,7-14,17-18,33-34H,5-6H2,(H2,23,25,27)(H2,24,26,28)/t11-,12-,13+,14+,17+,18+/m1/s1. The highest BCUT2D eigenvalue weighted by Gasteiger charge is 2.37. The van der Waals surface area contributed by atoms with E-state index in [-0.39, 0.29) is 23.9 Å². The van der Waals surface area contributed by atoms with Crippen molar-refractivity contribution in [1.82, 2.24) is 39.0 Å². The number of imidazole rings is 2. The molecule has 0 saturated carbocycles. The lowest BCUT2D eigenvalue weighted by Crippen LogP contribution is -2.37. The Kier molecular flexibility index (Phi) is 4.78. The minimum absolute atomic E-state index is 0.0412. The normalized spacial score (nSPS) is 26.1. The summed E-state index contributed by atoms with van der Waals surface area (Å²) in [6.07, 6.45) is 13.5. The lowest BCUT2D eigenvalue weighted by molar-refractivity contribution is -0.0296. The molecule has 0 fully saturated rings. The van der Waals surface area contributed by atoms with E-state index in [1.54, 1.807) is 12.7 Å². The van der Waals surface area contributed by atoms with Gasteiger partial charge in [0.2, 0.25) is 0 Å². The highest BCUT2D eigenvalue weighted by atomic mass is 16.3. The fourth-order valence-corrected chi connectivity index (χ4v) is 5.07. The maximum absolute atomic E-state index is 11.0. The molecule has 12 nitrogen and oxygen atoms in total. The maximum atomic E-state index is 11.0. The summed E-state index contributed by atoms with van der Waals surface area (Å²) in [7, 11) is 0. The summed E-state index contributed by atoms with van der Waals surface area (Å²) in [6.45, 7) is 0. The number of nitrogen functional groups attached to an aromatic ring is 2. The minimum Gasteiger partial charge on any atom is -0.390 e. The Balaban J connectivity index is 1.14. The first kappa shape index (κ1) is 20.7. The Labute approximate surface area is 193 Å². The van der Waals surface area contributed by atoms with Gasteiger partial charge in [0.1, 0.15) is 23.7 Å². The number of anilines is 2. The molecule has 12 heteroatoms. The summed E-state index contributed by atoms with van der Waals surface area (Å²) in [6, 6.07) is -0.0825. The van der Waals surface area contributed by atoms with Crippen LogP contribution in [0.1, 0.15) is 24.9 Å². The van der Waals surface area contributed by atoms with Gasteiger partial charge in [0, 0.05) is 11.8 Å². The molecule has 0 saturated heterocycles. The highest BCUT2D eigenvalue weighted by Crippen LogP contribution is 2.38. The van der Waals surface area contributed by atoms with Crippen LogP contribution in [-0.2, 0) is 0 Å². The first-order chi connectivity index (χ1) is 16.5. The van der Waals surface area contributed by atoms with Crippen LogP contribution < -0.4 is 11.5 Å². The summed E-state index contributed by atoms with van der Waals surface area (Å²) in [5, 5.41) is 22.0. The summed E-state index contributed by atoms with van der Waals surface area (Å²) < 4.78 is 3.85. The molecule has 4 aromatic heterocycles. The molecule has 6 atom stereocenters. The molecular formula is C22H24N10O2. The van der Waals surface area contributed by atoms with Gasteiger partial charge in [0.05, 0.1) is 36.9 Å². The zero-order valence-corrected chi connectivity index (χ0v) is 18.1. The molecule has 2 aliphatic carbocycles. The van der Waals surface area contributed by atoms with Crippen molar-refractivity contribution in [2.75, 3.05) is 11.5 Å². The predicted octanol–water partition coefficient (Wildman–Crippen LogP) is 0.787. The number of aliphatic hydroxyl groups excluding tert-OH is 2. The number of hydrogen-bond acceptors (Lipinski definition) is 10. The van der Waals surface area contributed by atoms with Crippen molar-refractivity contribution in [2.45, 2.75) is 37.1 Å². The molecule has 4 heterocycles. The summed E-state index contributed by atoms with van der Waals surface area (Å²) >= 11 is 0. The molecular weight excluding hydrogens is 436 g/mol. The summed E-state index contributed by atoms with van der Waals surface area (Å²) in [5.41, 5.74) is 14.2. The number of fused-ring (bicyclic) bond motifs is 2. The molecule has 0 aromatic carbocycles. The lowest BCUT2D eigenvalue weighted by Gasteiger charge is -2.27. The Morgan fingerprint density at radius 2 is 1.12 bits per heavy atom. The first-order valence-corrected chi connectivity index (χ1v) is 11.1. The Morgan fingerprint density at radius 3 is 1.56 bits per heavy atom. The highest BCUT2D eigenvalue weighted by molar-refractivity contribution is 5.82. The number of aliphatic hydroxyl groups is 2. The number of aromatic nitrogens is 8. The van der Waals surface area contributed by atoms with Crippen LogP contribution in [0.3, 0.4) is 0 Å². The average molecular weight is 461 g/mol. The van der Waals surface area contributed by atoms with E-state index in [0.717, 1.165) is 0 Å². The minimum atomic E-state index is -0.915. The molecule has 34 heavy (non-hydrogen) atoms. The van der Waals surface area contributed by atoms with Crippen molar-refractivity contribution < 1.29 is 10.2 Å². The number of rotatable bonds is 5. The van der Waals surface area contributed by atoms with E-state index < -0.39 is 12.2 Å². The SMILES string of the molecule is Nc1ncnc2c1ncn2[C@H]1C=C[C@@H]([C@H](O)[C@@H](O)[C@@H]2C=C[C@H](n3cnc4c(N)ncnc43)C2)C1. The third-order valence-corrected chi connectivity index (χ3v) is 6.90. The summed E-state index contributed by atoms with van der Waals surface area (Å²) in [5.74, 6) is 0.261. The largest absolute Gasteiger partial charge is 0.390 e. The van der Waals surface area contributed by atoms with Gasteiger partial charge in [-0.25, -0.2) is 29.9 Å². The molecule has 0 amide bonds. The average Bonchev–Trinajstić information content (AvgIpc) is 3.63. The Morgan fingerprint density at radius 1 is 0.676 bits per heavy atom. The Hall–Kier alpha value is -3.90. The summed E-state index contributed by atoms with van der Waals surface area (Å²) in [4.78, 5) is 25.2. The monoisotopic (exact) mass is 460 g/mol. The van der Waals surface area contributed by atoms with Crippen molar-refractivity contribution in [3.05, 3.63) is 49.6 Å². The fourth-order valence-electron chi connectivity index (χ4n) is 5.07. The van der Waals surface area contributed by atoms with Crippen LogP contribution in [0.4, 0.5) is 11.6 Å². The van der Waals surface area contributed by atoms with Crippen LogP contribution in [0.2, 0.25) is 0 Å². The third-order valence-electron chi connectivity index (χ3n) is 6.90. The van der Waals surface area contributed by atoms with Crippen LogP contribution in [0, 0.1) is 11.8 Å². The van der Waals surface area contributed by atoms with E-state index in [9.17, 15) is 10.2 Å². The molecule has 0 bridgehead atoms. The van der Waals surface area contributed by atoms with E-state index in [0.29, 0.717) is 46.8 Å². The van der Waals surface area contributed by atoms with E-state index in [2.05, 4.69) is 29.9 Å². The van der Waals surface area contributed by atoms with Crippen molar-refractivity contribution >= 4 is 34.0 Å². The van der Waals surface area contributed by atoms with E-state index >= 15 is 0 Å². The second-order valence-corrected chi connectivity index (χ2v) is 8.85. The smallest absolute Gasteiger partial charge is 0.165 e.